The third-order valence-electron chi connectivity index (χ3n) is 5.60. The molecule has 8 heteroatoms. The number of ether oxygens (including phenoxy) is 3. The van der Waals surface area contributed by atoms with Gasteiger partial charge in [0.25, 0.3) is 5.91 Å². The number of nitrogens with zero attached hydrogens (tertiary/aromatic N) is 2. The van der Waals surface area contributed by atoms with E-state index in [1.54, 1.807) is 36.4 Å². The smallest absolute Gasteiger partial charge is 0.256 e. The first-order valence-electron chi connectivity index (χ1n) is 12.8. The molecule has 0 fully saturated rings. The summed E-state index contributed by atoms with van der Waals surface area (Å²) in [6.45, 7) is 11.0. The molecule has 0 atom stereocenters. The van der Waals surface area contributed by atoms with Gasteiger partial charge in [-0.05, 0) is 74.7 Å². The zero-order valence-corrected chi connectivity index (χ0v) is 22.7. The van der Waals surface area contributed by atoms with Crippen LogP contribution in [0.1, 0.15) is 42.5 Å². The second-order valence-electron chi connectivity index (χ2n) is 8.73. The molecular weight excluding hydrogens is 494 g/mol. The van der Waals surface area contributed by atoms with Crippen LogP contribution in [0.15, 0.2) is 78.4 Å². The van der Waals surface area contributed by atoms with Gasteiger partial charge in [0.05, 0.1) is 25.1 Å². The molecule has 0 aliphatic rings. The minimum Gasteiger partial charge on any atom is -0.494 e. The molecule has 2 N–H and O–H groups in total. The van der Waals surface area contributed by atoms with E-state index >= 15 is 0 Å². The zero-order chi connectivity index (χ0) is 28.2. The van der Waals surface area contributed by atoms with Crippen LogP contribution >= 0.6 is 0 Å². The fourth-order valence-corrected chi connectivity index (χ4v) is 3.81. The van der Waals surface area contributed by atoms with Crippen molar-refractivity contribution in [2.45, 2.75) is 40.2 Å². The first-order chi connectivity index (χ1) is 18.8. The maximum absolute atomic E-state index is 12.8. The summed E-state index contributed by atoms with van der Waals surface area (Å²) in [5.41, 5.74) is 9.51. The number of hydrogen-bond donors (Lipinski definition) is 1. The Morgan fingerprint density at radius 3 is 2.28 bits per heavy atom. The summed E-state index contributed by atoms with van der Waals surface area (Å²) in [6.07, 6.45) is 3.37. The standard InChI is InChI=1S/C31H35N3O5/c1-5-8-25-17-24(18-28(38-7-3)31(25)39-21-23-11-9-22(4)10-12-23)20-33-34(30(36)19-29(32)35)26-13-15-27(16-14-26)37-6-2/h5,9-18,20H,1,6-8,19,21H2,2-4H3,(H2,32,35)/b33-20+. The Morgan fingerprint density at radius 2 is 1.67 bits per heavy atom. The number of hydrazone groups is 1. The van der Waals surface area contributed by atoms with Gasteiger partial charge >= 0.3 is 0 Å². The summed E-state index contributed by atoms with van der Waals surface area (Å²) in [6, 6.07) is 18.7. The van der Waals surface area contributed by atoms with E-state index in [1.165, 1.54) is 11.8 Å². The maximum atomic E-state index is 12.8. The SMILES string of the molecule is C=CCc1cc(/C=N/N(C(=O)CC(N)=O)c2ccc(OCC)cc2)cc(OCC)c1OCc1ccc(C)cc1. The van der Waals surface area contributed by atoms with Crippen molar-refractivity contribution in [1.29, 1.82) is 0 Å². The molecule has 39 heavy (non-hydrogen) atoms. The van der Waals surface area contributed by atoms with E-state index in [0.29, 0.717) is 54.7 Å². The van der Waals surface area contributed by atoms with Gasteiger partial charge in [-0.3, -0.25) is 9.59 Å². The summed E-state index contributed by atoms with van der Waals surface area (Å²) in [5.74, 6) is 0.541. The lowest BCUT2D eigenvalue weighted by atomic mass is 10.1. The van der Waals surface area contributed by atoms with Crippen molar-refractivity contribution in [3.05, 3.63) is 95.6 Å². The molecule has 0 unspecified atom stereocenters. The quantitative estimate of drug-likeness (QED) is 0.131. The molecule has 0 aliphatic carbocycles. The van der Waals surface area contributed by atoms with Crippen molar-refractivity contribution < 1.29 is 23.8 Å². The van der Waals surface area contributed by atoms with Crippen LogP contribution in [0.5, 0.6) is 17.2 Å². The number of rotatable bonds is 14. The second kappa shape index (κ2) is 14.4. The highest BCUT2D eigenvalue weighted by molar-refractivity contribution is 6.05. The number of carbonyl (C=O) groups is 2. The third kappa shape index (κ3) is 8.46. The monoisotopic (exact) mass is 529 g/mol. The molecule has 3 rings (SSSR count). The van der Waals surface area contributed by atoms with Crippen molar-refractivity contribution in [3.63, 3.8) is 0 Å². The Labute approximate surface area is 229 Å². The number of primary amides is 1. The topological polar surface area (TPSA) is 103 Å². The first-order valence-corrected chi connectivity index (χ1v) is 12.8. The minimum absolute atomic E-state index is 0.380. The number of carbonyl (C=O) groups excluding carboxylic acids is 2. The summed E-state index contributed by atoms with van der Waals surface area (Å²) in [5, 5.41) is 5.56. The molecule has 0 bridgehead atoms. The van der Waals surface area contributed by atoms with Crippen LogP contribution in [0.2, 0.25) is 0 Å². The number of amides is 2. The van der Waals surface area contributed by atoms with Crippen molar-refractivity contribution in [1.82, 2.24) is 0 Å². The van der Waals surface area contributed by atoms with Gasteiger partial charge in [0.2, 0.25) is 5.91 Å². The van der Waals surface area contributed by atoms with Gasteiger partial charge in [-0.25, -0.2) is 5.01 Å². The van der Waals surface area contributed by atoms with Crippen LogP contribution in [0.3, 0.4) is 0 Å². The molecule has 0 radical (unpaired) electrons. The lowest BCUT2D eigenvalue weighted by Crippen LogP contribution is -2.30. The number of anilines is 1. The van der Waals surface area contributed by atoms with E-state index in [9.17, 15) is 9.59 Å². The van der Waals surface area contributed by atoms with E-state index in [2.05, 4.69) is 11.7 Å². The van der Waals surface area contributed by atoms with E-state index in [-0.39, 0.29) is 0 Å². The predicted molar refractivity (Wildman–Crippen MR) is 154 cm³/mol. The Morgan fingerprint density at radius 1 is 0.974 bits per heavy atom. The van der Waals surface area contributed by atoms with Crippen molar-refractivity contribution >= 4 is 23.7 Å². The minimum atomic E-state index is -0.742. The Hall–Kier alpha value is -4.59. The highest BCUT2D eigenvalue weighted by Crippen LogP contribution is 2.34. The van der Waals surface area contributed by atoms with Crippen molar-refractivity contribution in [3.8, 4) is 17.2 Å². The maximum Gasteiger partial charge on any atom is 0.256 e. The Balaban J connectivity index is 1.95. The fraction of sp³-hybridized carbons (Fsp3) is 0.258. The molecule has 8 nitrogen and oxygen atoms in total. The molecule has 0 saturated heterocycles. The lowest BCUT2D eigenvalue weighted by Gasteiger charge is -2.18. The van der Waals surface area contributed by atoms with Gasteiger partial charge in [-0.2, -0.15) is 5.10 Å². The summed E-state index contributed by atoms with van der Waals surface area (Å²) >= 11 is 0. The van der Waals surface area contributed by atoms with Crippen LogP contribution in [0, 0.1) is 6.92 Å². The van der Waals surface area contributed by atoms with Crippen LogP contribution < -0.4 is 25.0 Å². The molecular formula is C31H35N3O5. The van der Waals surface area contributed by atoms with E-state index < -0.39 is 18.2 Å². The molecule has 0 aliphatic heterocycles. The largest absolute Gasteiger partial charge is 0.494 e. The highest BCUT2D eigenvalue weighted by Gasteiger charge is 2.18. The van der Waals surface area contributed by atoms with Crippen molar-refractivity contribution in [2.75, 3.05) is 18.2 Å². The number of allylic oxidation sites excluding steroid dienone is 1. The third-order valence-corrected chi connectivity index (χ3v) is 5.60. The summed E-state index contributed by atoms with van der Waals surface area (Å²) in [4.78, 5) is 24.3. The van der Waals surface area contributed by atoms with Gasteiger partial charge < -0.3 is 19.9 Å². The zero-order valence-electron chi connectivity index (χ0n) is 22.7. The average Bonchev–Trinajstić information content (AvgIpc) is 2.90. The fourth-order valence-electron chi connectivity index (χ4n) is 3.81. The summed E-state index contributed by atoms with van der Waals surface area (Å²) < 4.78 is 17.6. The predicted octanol–water partition coefficient (Wildman–Crippen LogP) is 5.34. The molecule has 0 saturated carbocycles. The van der Waals surface area contributed by atoms with Gasteiger partial charge in [0.15, 0.2) is 11.5 Å². The van der Waals surface area contributed by atoms with E-state index in [0.717, 1.165) is 16.1 Å². The lowest BCUT2D eigenvalue weighted by molar-refractivity contribution is -0.126. The number of benzene rings is 3. The number of aryl methyl sites for hydroxylation is 1. The number of hydrogen-bond acceptors (Lipinski definition) is 6. The Kier molecular flexibility index (Phi) is 10.7. The molecule has 3 aromatic rings. The molecule has 0 spiro atoms. The molecule has 3 aromatic carbocycles. The van der Waals surface area contributed by atoms with Crippen LogP contribution in [0.25, 0.3) is 0 Å². The van der Waals surface area contributed by atoms with Crippen molar-refractivity contribution in [2.24, 2.45) is 10.8 Å². The summed E-state index contributed by atoms with van der Waals surface area (Å²) in [7, 11) is 0. The average molecular weight is 530 g/mol. The molecule has 0 aromatic heterocycles. The van der Waals surface area contributed by atoms with Crippen LogP contribution in [-0.2, 0) is 22.6 Å². The molecule has 2 amide bonds. The molecule has 204 valence electrons. The molecule has 0 heterocycles. The highest BCUT2D eigenvalue weighted by atomic mass is 16.5. The van der Waals surface area contributed by atoms with Crippen LogP contribution in [-0.4, -0.2) is 31.2 Å². The van der Waals surface area contributed by atoms with Gasteiger partial charge in [0, 0.05) is 5.56 Å². The van der Waals surface area contributed by atoms with E-state index in [1.807, 2.05) is 51.1 Å². The van der Waals surface area contributed by atoms with Gasteiger partial charge in [0.1, 0.15) is 18.8 Å². The van der Waals surface area contributed by atoms with E-state index in [4.69, 9.17) is 19.9 Å². The van der Waals surface area contributed by atoms with Gasteiger partial charge in [-0.1, -0.05) is 35.9 Å². The van der Waals surface area contributed by atoms with Gasteiger partial charge in [-0.15, -0.1) is 6.58 Å². The van der Waals surface area contributed by atoms with Crippen LogP contribution in [0.4, 0.5) is 5.69 Å². The number of nitrogens with two attached hydrogens (primary N) is 1. The Bertz CT molecular complexity index is 1300. The second-order valence-corrected chi connectivity index (χ2v) is 8.73. The first kappa shape index (κ1) is 29.0. The normalized spacial score (nSPS) is 10.7.